The van der Waals surface area contributed by atoms with E-state index in [1.165, 1.54) is 32.1 Å². The Morgan fingerprint density at radius 3 is 2.55 bits per heavy atom. The Kier molecular flexibility index (Phi) is 11.4. The van der Waals surface area contributed by atoms with Crippen LogP contribution in [0.25, 0.3) is 0 Å². The molecule has 2 rings (SSSR count). The summed E-state index contributed by atoms with van der Waals surface area (Å²) in [6.45, 7) is 4.42. The number of nitrogens with zero attached hydrogens (tertiary/aromatic N) is 1. The Balaban J connectivity index is 1.94. The Morgan fingerprint density at radius 2 is 1.86 bits per heavy atom. The van der Waals surface area contributed by atoms with Crippen LogP contribution < -0.4 is 5.73 Å². The normalized spacial score (nSPS) is 15.0. The van der Waals surface area contributed by atoms with Crippen LogP contribution in [0, 0.1) is 0 Å². The number of carbonyl (C=O) groups excluding carboxylic acids is 1. The quantitative estimate of drug-likeness (QED) is 0.157. The molecular formula is C23H36BrClN2O2. The Hall–Kier alpha value is -0.780. The fraction of sp³-hybridized carbons (Fsp3) is 0.696. The molecule has 0 unspecified atom stereocenters. The number of ether oxygens (including phenoxy) is 1. The topological polar surface area (TPSA) is 55.6 Å². The van der Waals surface area contributed by atoms with Gasteiger partial charge in [-0.1, -0.05) is 45.4 Å². The summed E-state index contributed by atoms with van der Waals surface area (Å²) in [7, 11) is 0. The van der Waals surface area contributed by atoms with Gasteiger partial charge in [-0.05, 0) is 65.9 Å². The summed E-state index contributed by atoms with van der Waals surface area (Å²) in [5, 5.41) is 0. The Bertz CT molecular complexity index is 636. The van der Waals surface area contributed by atoms with Gasteiger partial charge in [-0.15, -0.1) is 11.6 Å². The predicted octanol–water partition coefficient (Wildman–Crippen LogP) is 6.53. The molecule has 0 atom stereocenters. The molecule has 0 aromatic heterocycles. The smallest absolute Gasteiger partial charge is 0.338 e. The molecule has 0 spiro atoms. The molecule has 29 heavy (non-hydrogen) atoms. The van der Waals surface area contributed by atoms with E-state index in [9.17, 15) is 4.79 Å². The van der Waals surface area contributed by atoms with Crippen LogP contribution in [0.1, 0.15) is 87.1 Å². The van der Waals surface area contributed by atoms with Gasteiger partial charge in [-0.2, -0.15) is 0 Å². The first-order valence-electron chi connectivity index (χ1n) is 11.1. The lowest BCUT2D eigenvalue weighted by Gasteiger charge is -2.34. The zero-order chi connectivity index (χ0) is 21.1. The lowest BCUT2D eigenvalue weighted by Crippen LogP contribution is -2.36. The minimum Gasteiger partial charge on any atom is -0.462 e. The zero-order valence-electron chi connectivity index (χ0n) is 17.7. The average Bonchev–Trinajstić information content (AvgIpc) is 2.74. The van der Waals surface area contributed by atoms with E-state index in [0.717, 1.165) is 66.8 Å². The molecule has 1 aliphatic rings. The third-order valence-corrected chi connectivity index (χ3v) is 6.76. The molecular weight excluding hydrogens is 452 g/mol. The van der Waals surface area contributed by atoms with Gasteiger partial charge in [0.05, 0.1) is 17.9 Å². The largest absolute Gasteiger partial charge is 0.462 e. The van der Waals surface area contributed by atoms with Crippen LogP contribution in [0.15, 0.2) is 16.6 Å². The van der Waals surface area contributed by atoms with Crippen LogP contribution in [0.5, 0.6) is 0 Å². The van der Waals surface area contributed by atoms with Crippen LogP contribution in [0.2, 0.25) is 0 Å². The third-order valence-electron chi connectivity index (χ3n) is 5.83. The van der Waals surface area contributed by atoms with Crippen molar-refractivity contribution in [2.75, 3.05) is 24.8 Å². The van der Waals surface area contributed by atoms with Crippen LogP contribution in [-0.4, -0.2) is 35.9 Å². The molecule has 4 nitrogen and oxygen atoms in total. The van der Waals surface area contributed by atoms with E-state index in [1.807, 2.05) is 6.07 Å². The molecule has 0 bridgehead atoms. The highest BCUT2D eigenvalue weighted by Crippen LogP contribution is 2.30. The highest BCUT2D eigenvalue weighted by molar-refractivity contribution is 9.10. The van der Waals surface area contributed by atoms with E-state index in [2.05, 4.69) is 27.8 Å². The summed E-state index contributed by atoms with van der Waals surface area (Å²) in [5.41, 5.74) is 8.62. The van der Waals surface area contributed by atoms with E-state index in [1.54, 1.807) is 6.07 Å². The van der Waals surface area contributed by atoms with Crippen molar-refractivity contribution in [1.29, 1.82) is 0 Å². The summed E-state index contributed by atoms with van der Waals surface area (Å²) < 4.78 is 6.26. The minimum atomic E-state index is -0.270. The Morgan fingerprint density at radius 1 is 1.17 bits per heavy atom. The summed E-state index contributed by atoms with van der Waals surface area (Å²) in [6.07, 6.45) is 11.7. The number of hydrogen-bond donors (Lipinski definition) is 1. The highest BCUT2D eigenvalue weighted by Gasteiger charge is 2.22. The lowest BCUT2D eigenvalue weighted by atomic mass is 9.93. The lowest BCUT2D eigenvalue weighted by molar-refractivity contribution is 0.0497. The molecule has 6 heteroatoms. The second kappa shape index (κ2) is 13.5. The van der Waals surface area contributed by atoms with Crippen LogP contribution >= 0.6 is 27.5 Å². The van der Waals surface area contributed by atoms with Gasteiger partial charge in [0.2, 0.25) is 0 Å². The molecule has 0 saturated heterocycles. The number of alkyl halides is 1. The van der Waals surface area contributed by atoms with Crippen molar-refractivity contribution < 1.29 is 9.53 Å². The van der Waals surface area contributed by atoms with Crippen LogP contribution in [0.3, 0.4) is 0 Å². The van der Waals surface area contributed by atoms with Crippen molar-refractivity contribution in [2.24, 2.45) is 0 Å². The number of nitrogen functional groups attached to an aromatic ring is 1. The predicted molar refractivity (Wildman–Crippen MR) is 126 cm³/mol. The number of hydrogen-bond acceptors (Lipinski definition) is 4. The molecule has 1 aliphatic carbocycles. The third kappa shape index (κ3) is 8.10. The summed E-state index contributed by atoms with van der Waals surface area (Å²) >= 11 is 9.22. The monoisotopic (exact) mass is 486 g/mol. The molecule has 1 aromatic carbocycles. The van der Waals surface area contributed by atoms with E-state index in [4.69, 9.17) is 22.1 Å². The summed E-state index contributed by atoms with van der Waals surface area (Å²) in [5.74, 6) is 0.452. The molecule has 2 N–H and O–H groups in total. The summed E-state index contributed by atoms with van der Waals surface area (Å²) in [4.78, 5) is 15.0. The summed E-state index contributed by atoms with van der Waals surface area (Å²) in [6, 6.07) is 4.30. The van der Waals surface area contributed by atoms with Gasteiger partial charge in [-0.25, -0.2) is 4.79 Å². The number of anilines is 1. The molecule has 1 fully saturated rings. The first-order chi connectivity index (χ1) is 14.1. The van der Waals surface area contributed by atoms with E-state index < -0.39 is 0 Å². The Labute approximate surface area is 189 Å². The van der Waals surface area contributed by atoms with Crippen molar-refractivity contribution in [3.8, 4) is 0 Å². The van der Waals surface area contributed by atoms with Gasteiger partial charge in [0.15, 0.2) is 0 Å². The number of unbranched alkanes of at least 4 members (excludes halogenated alkanes) is 4. The molecule has 164 valence electrons. The standard InChI is InChI=1S/C23H36BrClN2O2/c1-2-27(20-11-7-6-8-12-20)17-19-15-18(16-21(24)22(19)26)23(28)29-14-10-5-3-4-9-13-25/h15-16,20H,2-14,17,26H2,1H3. The fourth-order valence-electron chi connectivity index (χ4n) is 4.06. The van der Waals surface area contributed by atoms with Crippen molar-refractivity contribution >= 4 is 39.2 Å². The van der Waals surface area contributed by atoms with E-state index in [-0.39, 0.29) is 5.97 Å². The molecule has 1 aromatic rings. The zero-order valence-corrected chi connectivity index (χ0v) is 20.1. The SMILES string of the molecule is CCN(Cc1cc(C(=O)OCCCCCCCCl)cc(Br)c1N)C1CCCCC1. The number of halogens is 2. The number of rotatable bonds is 12. The van der Waals surface area contributed by atoms with Gasteiger partial charge in [-0.3, -0.25) is 4.90 Å². The van der Waals surface area contributed by atoms with Gasteiger partial charge >= 0.3 is 5.97 Å². The van der Waals surface area contributed by atoms with Gasteiger partial charge < -0.3 is 10.5 Å². The van der Waals surface area contributed by atoms with Crippen molar-refractivity contribution in [1.82, 2.24) is 4.90 Å². The molecule has 0 heterocycles. The maximum Gasteiger partial charge on any atom is 0.338 e. The second-order valence-corrected chi connectivity index (χ2v) is 9.21. The minimum absolute atomic E-state index is 0.270. The first-order valence-corrected chi connectivity index (χ1v) is 12.4. The van der Waals surface area contributed by atoms with Crippen LogP contribution in [0.4, 0.5) is 5.69 Å². The molecule has 0 aliphatic heterocycles. The number of nitrogens with two attached hydrogens (primary N) is 1. The molecule has 0 amide bonds. The molecule has 1 saturated carbocycles. The molecule has 0 radical (unpaired) electrons. The van der Waals surface area contributed by atoms with Gasteiger partial charge in [0.1, 0.15) is 0 Å². The fourth-order valence-corrected chi connectivity index (χ4v) is 4.75. The van der Waals surface area contributed by atoms with Crippen molar-refractivity contribution in [3.63, 3.8) is 0 Å². The van der Waals surface area contributed by atoms with Gasteiger partial charge in [0, 0.05) is 22.9 Å². The maximum absolute atomic E-state index is 12.5. The van der Waals surface area contributed by atoms with Gasteiger partial charge in [0.25, 0.3) is 0 Å². The van der Waals surface area contributed by atoms with E-state index in [0.29, 0.717) is 18.2 Å². The van der Waals surface area contributed by atoms with Crippen molar-refractivity contribution in [2.45, 2.75) is 83.7 Å². The van der Waals surface area contributed by atoms with Crippen LogP contribution in [-0.2, 0) is 11.3 Å². The maximum atomic E-state index is 12.5. The first kappa shape index (κ1) is 24.5. The number of benzene rings is 1. The highest BCUT2D eigenvalue weighted by atomic mass is 79.9. The number of esters is 1. The second-order valence-electron chi connectivity index (χ2n) is 7.98. The average molecular weight is 488 g/mol. The van der Waals surface area contributed by atoms with E-state index >= 15 is 0 Å². The number of carbonyl (C=O) groups is 1. The van der Waals surface area contributed by atoms with Crippen molar-refractivity contribution in [3.05, 3.63) is 27.7 Å².